The zero-order chi connectivity index (χ0) is 15.6. The summed E-state index contributed by atoms with van der Waals surface area (Å²) in [6.07, 6.45) is -3.62. The van der Waals surface area contributed by atoms with Crippen LogP contribution in [-0.4, -0.2) is 0 Å². The fraction of sp³-hybridized carbons (Fsp3) is 0.294. The van der Waals surface area contributed by atoms with E-state index in [1.54, 1.807) is 12.1 Å². The SMILES string of the molecule is Cc1ccc(C(Br)Cc2ccc(C(F)(F)F)cc2)c(C)c1. The highest BCUT2D eigenvalue weighted by molar-refractivity contribution is 9.09. The molecule has 1 atom stereocenters. The number of hydrogen-bond donors (Lipinski definition) is 0. The fourth-order valence-corrected chi connectivity index (χ4v) is 3.21. The van der Waals surface area contributed by atoms with Gasteiger partial charge in [0.15, 0.2) is 0 Å². The minimum atomic E-state index is -4.28. The standard InChI is InChI=1S/C17H16BrF3/c1-11-3-8-15(12(2)9-11)16(18)10-13-4-6-14(7-5-13)17(19,20)21/h3-9,16H,10H2,1-2H3. The second-order valence-electron chi connectivity index (χ2n) is 5.23. The van der Waals surface area contributed by atoms with Crippen molar-refractivity contribution >= 4 is 15.9 Å². The Bertz CT molecular complexity index is 615. The van der Waals surface area contributed by atoms with E-state index in [4.69, 9.17) is 0 Å². The third kappa shape index (κ3) is 4.10. The summed E-state index contributed by atoms with van der Waals surface area (Å²) in [6, 6.07) is 11.6. The lowest BCUT2D eigenvalue weighted by Crippen LogP contribution is -2.05. The van der Waals surface area contributed by atoms with Crippen molar-refractivity contribution in [3.8, 4) is 0 Å². The number of aryl methyl sites for hydroxylation is 2. The monoisotopic (exact) mass is 356 g/mol. The van der Waals surface area contributed by atoms with Crippen LogP contribution in [0.4, 0.5) is 13.2 Å². The molecule has 2 rings (SSSR count). The van der Waals surface area contributed by atoms with Crippen molar-refractivity contribution in [1.82, 2.24) is 0 Å². The molecule has 4 heteroatoms. The number of alkyl halides is 4. The molecule has 0 nitrogen and oxygen atoms in total. The molecule has 2 aromatic carbocycles. The maximum absolute atomic E-state index is 12.5. The molecule has 0 saturated heterocycles. The Morgan fingerprint density at radius 2 is 1.62 bits per heavy atom. The third-order valence-corrected chi connectivity index (χ3v) is 4.28. The molecule has 0 aliphatic heterocycles. The van der Waals surface area contributed by atoms with Crippen LogP contribution in [0, 0.1) is 13.8 Å². The molecule has 0 amide bonds. The van der Waals surface area contributed by atoms with Gasteiger partial charge in [-0.05, 0) is 49.1 Å². The Kier molecular flexibility index (Phi) is 4.77. The summed E-state index contributed by atoms with van der Waals surface area (Å²) in [7, 11) is 0. The van der Waals surface area contributed by atoms with Crippen LogP contribution < -0.4 is 0 Å². The van der Waals surface area contributed by atoms with E-state index in [0.29, 0.717) is 6.42 Å². The maximum atomic E-state index is 12.5. The van der Waals surface area contributed by atoms with Crippen LogP contribution in [-0.2, 0) is 12.6 Å². The number of rotatable bonds is 3. The molecular formula is C17H16BrF3. The lowest BCUT2D eigenvalue weighted by atomic mass is 9.98. The van der Waals surface area contributed by atoms with Gasteiger partial charge < -0.3 is 0 Å². The number of benzene rings is 2. The molecule has 0 aromatic heterocycles. The molecule has 0 aliphatic rings. The van der Waals surface area contributed by atoms with E-state index < -0.39 is 11.7 Å². The van der Waals surface area contributed by atoms with Gasteiger partial charge in [-0.1, -0.05) is 51.8 Å². The Hall–Kier alpha value is -1.29. The maximum Gasteiger partial charge on any atom is 0.416 e. The minimum Gasteiger partial charge on any atom is -0.166 e. The molecular weight excluding hydrogens is 341 g/mol. The average Bonchev–Trinajstić information content (AvgIpc) is 2.38. The van der Waals surface area contributed by atoms with E-state index in [9.17, 15) is 13.2 Å². The molecule has 0 radical (unpaired) electrons. The van der Waals surface area contributed by atoms with E-state index in [1.807, 2.05) is 19.9 Å². The molecule has 112 valence electrons. The minimum absolute atomic E-state index is 0.0924. The molecule has 0 aliphatic carbocycles. The molecule has 0 N–H and O–H groups in total. The Morgan fingerprint density at radius 1 is 1.00 bits per heavy atom. The van der Waals surface area contributed by atoms with Gasteiger partial charge in [-0.2, -0.15) is 13.2 Å². The second kappa shape index (κ2) is 6.22. The second-order valence-corrected chi connectivity index (χ2v) is 6.33. The van der Waals surface area contributed by atoms with E-state index >= 15 is 0 Å². The summed E-state index contributed by atoms with van der Waals surface area (Å²) < 4.78 is 37.6. The van der Waals surface area contributed by atoms with Gasteiger partial charge in [-0.25, -0.2) is 0 Å². The van der Waals surface area contributed by atoms with Gasteiger partial charge in [0.05, 0.1) is 5.56 Å². The van der Waals surface area contributed by atoms with Crippen LogP contribution in [0.15, 0.2) is 42.5 Å². The Morgan fingerprint density at radius 3 is 2.14 bits per heavy atom. The van der Waals surface area contributed by atoms with Crippen molar-refractivity contribution in [2.45, 2.75) is 31.3 Å². The summed E-state index contributed by atoms with van der Waals surface area (Å²) in [5.74, 6) is 0. The molecule has 0 bridgehead atoms. The quantitative estimate of drug-likeness (QED) is 0.591. The number of hydrogen-bond acceptors (Lipinski definition) is 0. The predicted molar refractivity (Wildman–Crippen MR) is 82.7 cm³/mol. The highest BCUT2D eigenvalue weighted by atomic mass is 79.9. The summed E-state index contributed by atoms with van der Waals surface area (Å²) >= 11 is 3.63. The molecule has 0 spiro atoms. The van der Waals surface area contributed by atoms with Crippen LogP contribution in [0.25, 0.3) is 0 Å². The Balaban J connectivity index is 2.14. The first-order valence-corrected chi connectivity index (χ1v) is 7.56. The van der Waals surface area contributed by atoms with Crippen LogP contribution in [0.5, 0.6) is 0 Å². The van der Waals surface area contributed by atoms with Crippen molar-refractivity contribution in [2.75, 3.05) is 0 Å². The topological polar surface area (TPSA) is 0 Å². The smallest absolute Gasteiger partial charge is 0.166 e. The highest BCUT2D eigenvalue weighted by Gasteiger charge is 2.29. The lowest BCUT2D eigenvalue weighted by Gasteiger charge is -2.14. The molecule has 2 aromatic rings. The van der Waals surface area contributed by atoms with E-state index in [1.165, 1.54) is 16.7 Å². The van der Waals surface area contributed by atoms with Crippen molar-refractivity contribution in [1.29, 1.82) is 0 Å². The first kappa shape index (κ1) is 16.1. The van der Waals surface area contributed by atoms with Gasteiger partial charge in [-0.3, -0.25) is 0 Å². The fourth-order valence-electron chi connectivity index (χ4n) is 2.32. The summed E-state index contributed by atoms with van der Waals surface area (Å²) in [5, 5.41) is 0. The normalized spacial score (nSPS) is 13.2. The molecule has 1 unspecified atom stereocenters. The first-order chi connectivity index (χ1) is 9.77. The Labute approximate surface area is 131 Å². The van der Waals surface area contributed by atoms with Gasteiger partial charge in [0, 0.05) is 4.83 Å². The number of halogens is 4. The van der Waals surface area contributed by atoms with Gasteiger partial charge in [0.25, 0.3) is 0 Å². The van der Waals surface area contributed by atoms with E-state index in [2.05, 4.69) is 28.1 Å². The van der Waals surface area contributed by atoms with Crippen molar-refractivity contribution in [2.24, 2.45) is 0 Å². The van der Waals surface area contributed by atoms with Gasteiger partial charge >= 0.3 is 6.18 Å². The first-order valence-electron chi connectivity index (χ1n) is 6.65. The van der Waals surface area contributed by atoms with Gasteiger partial charge in [-0.15, -0.1) is 0 Å². The molecule has 0 saturated carbocycles. The van der Waals surface area contributed by atoms with Crippen molar-refractivity contribution in [3.05, 3.63) is 70.3 Å². The zero-order valence-electron chi connectivity index (χ0n) is 11.8. The van der Waals surface area contributed by atoms with Gasteiger partial charge in [0.2, 0.25) is 0 Å². The van der Waals surface area contributed by atoms with E-state index in [-0.39, 0.29) is 4.83 Å². The largest absolute Gasteiger partial charge is 0.416 e. The summed E-state index contributed by atoms with van der Waals surface area (Å²) in [5.41, 5.74) is 3.82. The van der Waals surface area contributed by atoms with E-state index in [0.717, 1.165) is 17.7 Å². The zero-order valence-corrected chi connectivity index (χ0v) is 13.4. The third-order valence-electron chi connectivity index (χ3n) is 3.46. The van der Waals surface area contributed by atoms with Crippen LogP contribution in [0.3, 0.4) is 0 Å². The van der Waals surface area contributed by atoms with Crippen LogP contribution >= 0.6 is 15.9 Å². The molecule has 0 heterocycles. The van der Waals surface area contributed by atoms with Gasteiger partial charge in [0.1, 0.15) is 0 Å². The van der Waals surface area contributed by atoms with Crippen LogP contribution in [0.2, 0.25) is 0 Å². The lowest BCUT2D eigenvalue weighted by molar-refractivity contribution is -0.137. The molecule has 0 fully saturated rings. The summed E-state index contributed by atoms with van der Waals surface area (Å²) in [4.78, 5) is 0.0924. The average molecular weight is 357 g/mol. The van der Waals surface area contributed by atoms with Crippen LogP contribution in [0.1, 0.15) is 32.6 Å². The highest BCUT2D eigenvalue weighted by Crippen LogP contribution is 2.32. The van der Waals surface area contributed by atoms with Crippen molar-refractivity contribution in [3.63, 3.8) is 0 Å². The summed E-state index contributed by atoms with van der Waals surface area (Å²) in [6.45, 7) is 4.08. The molecule has 21 heavy (non-hydrogen) atoms. The van der Waals surface area contributed by atoms with Crippen molar-refractivity contribution < 1.29 is 13.2 Å². The predicted octanol–water partition coefficient (Wildman–Crippen LogP) is 6.00.